The van der Waals surface area contributed by atoms with Gasteiger partial charge in [-0.3, -0.25) is 0 Å². The second-order valence-corrected chi connectivity index (χ2v) is 3.42. The smallest absolute Gasteiger partial charge is 0.160 e. The van der Waals surface area contributed by atoms with E-state index in [1.54, 1.807) is 12.1 Å². The predicted octanol–water partition coefficient (Wildman–Crippen LogP) is 2.60. The molecule has 0 spiro atoms. The van der Waals surface area contributed by atoms with E-state index < -0.39 is 0 Å². The van der Waals surface area contributed by atoms with Gasteiger partial charge in [0.15, 0.2) is 11.5 Å². The number of phenols is 2. The molecule has 1 aromatic rings. The maximum absolute atomic E-state index is 9.43. The molecule has 0 bridgehead atoms. The summed E-state index contributed by atoms with van der Waals surface area (Å²) >= 11 is 3.32. The lowest BCUT2D eigenvalue weighted by Gasteiger charge is -2.10. The average molecular weight is 231 g/mol. The number of phenolic OH excluding ortho intramolecular Hbond substituents is 2. The maximum Gasteiger partial charge on any atom is 0.160 e. The molecule has 0 saturated carbocycles. The van der Waals surface area contributed by atoms with Crippen molar-refractivity contribution in [1.29, 1.82) is 0 Å². The van der Waals surface area contributed by atoms with Gasteiger partial charge >= 0.3 is 0 Å². The molecule has 0 radical (unpaired) electrons. The molecule has 1 atom stereocenters. The molecule has 1 unspecified atom stereocenters. The number of hydrogen-bond donors (Lipinski definition) is 2. The Hall–Kier alpha value is -0.700. The SMILES string of the molecule is CC(CBr)c1cccc(O)c1O. The van der Waals surface area contributed by atoms with Crippen molar-refractivity contribution >= 4 is 15.9 Å². The summed E-state index contributed by atoms with van der Waals surface area (Å²) in [5.74, 6) is 0.141. The topological polar surface area (TPSA) is 40.5 Å². The van der Waals surface area contributed by atoms with Gasteiger partial charge in [0.2, 0.25) is 0 Å². The minimum absolute atomic E-state index is 0.00977. The van der Waals surface area contributed by atoms with Crippen molar-refractivity contribution in [2.45, 2.75) is 12.8 Å². The van der Waals surface area contributed by atoms with Crippen LogP contribution in [0.5, 0.6) is 11.5 Å². The van der Waals surface area contributed by atoms with E-state index in [0.29, 0.717) is 0 Å². The highest BCUT2D eigenvalue weighted by atomic mass is 79.9. The van der Waals surface area contributed by atoms with Crippen molar-refractivity contribution < 1.29 is 10.2 Å². The van der Waals surface area contributed by atoms with Crippen LogP contribution >= 0.6 is 15.9 Å². The van der Waals surface area contributed by atoms with Crippen molar-refractivity contribution in [3.8, 4) is 11.5 Å². The fourth-order valence-corrected chi connectivity index (χ4v) is 1.38. The van der Waals surface area contributed by atoms with E-state index in [1.807, 2.05) is 6.92 Å². The van der Waals surface area contributed by atoms with Crippen molar-refractivity contribution in [2.24, 2.45) is 0 Å². The lowest BCUT2D eigenvalue weighted by atomic mass is 10.0. The van der Waals surface area contributed by atoms with E-state index in [4.69, 9.17) is 0 Å². The molecule has 66 valence electrons. The van der Waals surface area contributed by atoms with Gasteiger partial charge in [0.1, 0.15) is 0 Å². The van der Waals surface area contributed by atoms with Crippen LogP contribution in [0.3, 0.4) is 0 Å². The Balaban J connectivity index is 3.07. The molecule has 0 aliphatic rings. The summed E-state index contributed by atoms with van der Waals surface area (Å²) in [6.07, 6.45) is 0. The average Bonchev–Trinajstić information content (AvgIpc) is 2.08. The Bertz CT molecular complexity index is 273. The maximum atomic E-state index is 9.43. The zero-order valence-corrected chi connectivity index (χ0v) is 8.37. The van der Waals surface area contributed by atoms with Gasteiger partial charge in [0, 0.05) is 10.9 Å². The van der Waals surface area contributed by atoms with Gasteiger partial charge in [-0.05, 0) is 12.0 Å². The molecule has 0 heterocycles. The molecular weight excluding hydrogens is 220 g/mol. The van der Waals surface area contributed by atoms with Gasteiger partial charge in [0.05, 0.1) is 0 Å². The van der Waals surface area contributed by atoms with Crippen LogP contribution in [0.2, 0.25) is 0 Å². The fourth-order valence-electron chi connectivity index (χ4n) is 1.03. The molecule has 1 rings (SSSR count). The van der Waals surface area contributed by atoms with Gasteiger partial charge in [-0.25, -0.2) is 0 Å². The summed E-state index contributed by atoms with van der Waals surface area (Å²) < 4.78 is 0. The molecule has 12 heavy (non-hydrogen) atoms. The lowest BCUT2D eigenvalue weighted by molar-refractivity contribution is 0.398. The Kier molecular flexibility index (Phi) is 2.98. The van der Waals surface area contributed by atoms with Gasteiger partial charge in [-0.2, -0.15) is 0 Å². The van der Waals surface area contributed by atoms with Crippen LogP contribution in [-0.4, -0.2) is 15.5 Å². The Labute approximate surface area is 80.0 Å². The number of rotatable bonds is 2. The second kappa shape index (κ2) is 3.81. The lowest BCUT2D eigenvalue weighted by Crippen LogP contribution is -1.94. The predicted molar refractivity (Wildman–Crippen MR) is 52.0 cm³/mol. The fraction of sp³-hybridized carbons (Fsp3) is 0.333. The summed E-state index contributed by atoms with van der Waals surface area (Å²) in [7, 11) is 0. The standard InChI is InChI=1S/C9H11BrO2/c1-6(5-10)7-3-2-4-8(11)9(7)12/h2-4,6,11-12H,5H2,1H3. The van der Waals surface area contributed by atoms with Crippen LogP contribution < -0.4 is 0 Å². The Morgan fingerprint density at radius 3 is 2.67 bits per heavy atom. The van der Waals surface area contributed by atoms with E-state index in [-0.39, 0.29) is 17.4 Å². The normalized spacial score (nSPS) is 12.8. The molecule has 0 amide bonds. The van der Waals surface area contributed by atoms with Gasteiger partial charge in [-0.1, -0.05) is 35.0 Å². The Morgan fingerprint density at radius 1 is 1.42 bits per heavy atom. The minimum Gasteiger partial charge on any atom is -0.504 e. The molecule has 0 saturated heterocycles. The molecule has 2 N–H and O–H groups in total. The molecule has 3 heteroatoms. The number of hydrogen-bond acceptors (Lipinski definition) is 2. The molecule has 2 nitrogen and oxygen atoms in total. The van der Waals surface area contributed by atoms with Gasteiger partial charge in [0.25, 0.3) is 0 Å². The van der Waals surface area contributed by atoms with Crippen LogP contribution in [0, 0.1) is 0 Å². The minimum atomic E-state index is -0.0553. The third-order valence-electron chi connectivity index (χ3n) is 1.81. The first-order valence-electron chi connectivity index (χ1n) is 3.73. The van der Waals surface area contributed by atoms with E-state index in [9.17, 15) is 10.2 Å². The number of halogens is 1. The molecule has 0 aliphatic carbocycles. The first kappa shape index (κ1) is 9.39. The van der Waals surface area contributed by atoms with Crippen LogP contribution in [0.4, 0.5) is 0 Å². The first-order chi connectivity index (χ1) is 5.66. The van der Waals surface area contributed by atoms with Gasteiger partial charge in [-0.15, -0.1) is 0 Å². The number of aromatic hydroxyl groups is 2. The van der Waals surface area contributed by atoms with Crippen molar-refractivity contribution in [2.75, 3.05) is 5.33 Å². The zero-order chi connectivity index (χ0) is 9.14. The third-order valence-corrected chi connectivity index (χ3v) is 2.78. The van der Waals surface area contributed by atoms with E-state index in [2.05, 4.69) is 15.9 Å². The van der Waals surface area contributed by atoms with Gasteiger partial charge < -0.3 is 10.2 Å². The van der Waals surface area contributed by atoms with Crippen LogP contribution in [0.15, 0.2) is 18.2 Å². The summed E-state index contributed by atoms with van der Waals surface area (Å²) in [6.45, 7) is 1.98. The summed E-state index contributed by atoms with van der Waals surface area (Å²) in [4.78, 5) is 0. The summed E-state index contributed by atoms with van der Waals surface area (Å²) in [6, 6.07) is 5.00. The summed E-state index contributed by atoms with van der Waals surface area (Å²) in [5, 5.41) is 19.4. The molecule has 0 aromatic heterocycles. The van der Waals surface area contributed by atoms with E-state index >= 15 is 0 Å². The second-order valence-electron chi connectivity index (χ2n) is 2.77. The highest BCUT2D eigenvalue weighted by Crippen LogP contribution is 2.33. The molecular formula is C9H11BrO2. The first-order valence-corrected chi connectivity index (χ1v) is 4.85. The van der Waals surface area contributed by atoms with Crippen molar-refractivity contribution in [1.82, 2.24) is 0 Å². The molecule has 0 aliphatic heterocycles. The van der Waals surface area contributed by atoms with Crippen molar-refractivity contribution in [3.05, 3.63) is 23.8 Å². The van der Waals surface area contributed by atoms with E-state index in [0.717, 1.165) is 10.9 Å². The highest BCUT2D eigenvalue weighted by molar-refractivity contribution is 9.09. The third kappa shape index (κ3) is 1.72. The monoisotopic (exact) mass is 230 g/mol. The Morgan fingerprint density at radius 2 is 2.08 bits per heavy atom. The van der Waals surface area contributed by atoms with Crippen molar-refractivity contribution in [3.63, 3.8) is 0 Å². The number of alkyl halides is 1. The molecule has 0 fully saturated rings. The highest BCUT2D eigenvalue weighted by Gasteiger charge is 2.11. The zero-order valence-electron chi connectivity index (χ0n) is 6.79. The van der Waals surface area contributed by atoms with Crippen LogP contribution in [-0.2, 0) is 0 Å². The number of para-hydroxylation sites is 1. The number of benzene rings is 1. The largest absolute Gasteiger partial charge is 0.504 e. The quantitative estimate of drug-likeness (QED) is 0.606. The molecule has 1 aromatic carbocycles. The van der Waals surface area contributed by atoms with E-state index in [1.165, 1.54) is 6.07 Å². The van der Waals surface area contributed by atoms with Crippen LogP contribution in [0.25, 0.3) is 0 Å². The van der Waals surface area contributed by atoms with Crippen LogP contribution in [0.1, 0.15) is 18.4 Å². The summed E-state index contributed by atoms with van der Waals surface area (Å²) in [5.41, 5.74) is 0.770.